The van der Waals surface area contributed by atoms with Gasteiger partial charge in [0.25, 0.3) is 0 Å². The van der Waals surface area contributed by atoms with Crippen LogP contribution in [0.5, 0.6) is 11.6 Å². The molecule has 3 rings (SSSR count). The first-order chi connectivity index (χ1) is 14.0. The van der Waals surface area contributed by atoms with Gasteiger partial charge in [-0.1, -0.05) is 23.2 Å². The lowest BCUT2D eigenvalue weighted by Crippen LogP contribution is -2.35. The van der Waals surface area contributed by atoms with Crippen molar-refractivity contribution in [2.45, 2.75) is 31.8 Å². The fourth-order valence-electron chi connectivity index (χ4n) is 3.03. The largest absolute Gasteiger partial charge is 0.492 e. The number of nitrogens with one attached hydrogen (secondary N) is 1. The molecule has 156 valence electrons. The summed E-state index contributed by atoms with van der Waals surface area (Å²) in [7, 11) is 2.12. The number of halogens is 2. The Morgan fingerprint density at radius 3 is 2.72 bits per heavy atom. The Bertz CT molecular complexity index is 809. The maximum Gasteiger partial charge on any atom is 0.224 e. The zero-order chi connectivity index (χ0) is 20.6. The predicted octanol–water partition coefficient (Wildman–Crippen LogP) is 4.66. The highest BCUT2D eigenvalue weighted by atomic mass is 35.5. The molecule has 1 saturated heterocycles. The Balaban J connectivity index is 1.36. The maximum absolute atomic E-state index is 12.1. The Morgan fingerprint density at radius 1 is 1.24 bits per heavy atom. The second kappa shape index (κ2) is 10.7. The molecule has 0 saturated carbocycles. The minimum absolute atomic E-state index is 0.0958. The molecule has 0 unspecified atom stereocenters. The van der Waals surface area contributed by atoms with Crippen LogP contribution in [-0.4, -0.2) is 48.6 Å². The second-order valence-electron chi connectivity index (χ2n) is 7.08. The number of amides is 1. The number of nitrogens with zero attached hydrogens (tertiary/aromatic N) is 2. The van der Waals surface area contributed by atoms with Crippen LogP contribution in [0.3, 0.4) is 0 Å². The molecule has 1 aliphatic rings. The van der Waals surface area contributed by atoms with Crippen molar-refractivity contribution in [2.75, 3.05) is 32.1 Å². The van der Waals surface area contributed by atoms with E-state index in [2.05, 4.69) is 22.2 Å². The Hall–Kier alpha value is -2.02. The highest BCUT2D eigenvalue weighted by molar-refractivity contribution is 6.35. The number of likely N-dealkylation sites (tertiary alicyclic amines) is 1. The third kappa shape index (κ3) is 7.07. The van der Waals surface area contributed by atoms with Gasteiger partial charge in [0, 0.05) is 30.6 Å². The summed E-state index contributed by atoms with van der Waals surface area (Å²) in [5.41, 5.74) is 0.646. The van der Waals surface area contributed by atoms with Crippen LogP contribution >= 0.6 is 23.2 Å². The SMILES string of the molecule is CN1CCC(Oc2ccc(NC(=O)CCCOc3ccc(Cl)cc3Cl)cn2)CC1. The molecule has 1 amide bonds. The highest BCUT2D eigenvalue weighted by Crippen LogP contribution is 2.27. The van der Waals surface area contributed by atoms with Crippen LogP contribution < -0.4 is 14.8 Å². The normalized spacial score (nSPS) is 15.1. The quantitative estimate of drug-likeness (QED) is 0.608. The van der Waals surface area contributed by atoms with E-state index in [1.807, 2.05) is 0 Å². The lowest BCUT2D eigenvalue weighted by atomic mass is 10.1. The molecule has 6 nitrogen and oxygen atoms in total. The van der Waals surface area contributed by atoms with Gasteiger partial charge in [0.2, 0.25) is 11.8 Å². The highest BCUT2D eigenvalue weighted by Gasteiger charge is 2.18. The van der Waals surface area contributed by atoms with Gasteiger partial charge >= 0.3 is 0 Å². The first kappa shape index (κ1) is 21.7. The number of piperidine rings is 1. The molecule has 1 fully saturated rings. The van der Waals surface area contributed by atoms with Gasteiger partial charge in [-0.05, 0) is 50.6 Å². The molecule has 0 aliphatic carbocycles. The summed E-state index contributed by atoms with van der Waals surface area (Å²) < 4.78 is 11.5. The van der Waals surface area contributed by atoms with Crippen molar-refractivity contribution < 1.29 is 14.3 Å². The number of hydrogen-bond donors (Lipinski definition) is 1. The zero-order valence-corrected chi connectivity index (χ0v) is 17.9. The smallest absolute Gasteiger partial charge is 0.224 e. The molecule has 0 spiro atoms. The number of anilines is 1. The van der Waals surface area contributed by atoms with Crippen molar-refractivity contribution in [1.29, 1.82) is 0 Å². The van der Waals surface area contributed by atoms with Crippen molar-refractivity contribution in [1.82, 2.24) is 9.88 Å². The van der Waals surface area contributed by atoms with Gasteiger partial charge in [-0.2, -0.15) is 0 Å². The fourth-order valence-corrected chi connectivity index (χ4v) is 3.49. The third-order valence-electron chi connectivity index (χ3n) is 4.67. The van der Waals surface area contributed by atoms with Gasteiger partial charge < -0.3 is 19.7 Å². The molecule has 1 aliphatic heterocycles. The number of carbonyl (C=O) groups is 1. The van der Waals surface area contributed by atoms with Gasteiger partial charge in [0.1, 0.15) is 11.9 Å². The Labute approximate surface area is 181 Å². The summed E-state index contributed by atoms with van der Waals surface area (Å²) in [4.78, 5) is 18.7. The van der Waals surface area contributed by atoms with Gasteiger partial charge in [0.15, 0.2) is 0 Å². The monoisotopic (exact) mass is 437 g/mol. The van der Waals surface area contributed by atoms with E-state index in [1.165, 1.54) is 0 Å². The topological polar surface area (TPSA) is 63.7 Å². The molecular formula is C21H25Cl2N3O3. The first-order valence-corrected chi connectivity index (χ1v) is 10.4. The number of aromatic nitrogens is 1. The number of ether oxygens (including phenoxy) is 2. The average Bonchev–Trinajstić information content (AvgIpc) is 2.70. The lowest BCUT2D eigenvalue weighted by Gasteiger charge is -2.28. The number of benzene rings is 1. The summed E-state index contributed by atoms with van der Waals surface area (Å²) in [5.74, 6) is 1.05. The standard InChI is InChI=1S/C21H25Cl2N3O3/c1-26-10-8-17(9-11-26)29-21-7-5-16(14-24-21)25-20(27)3-2-12-28-19-6-4-15(22)13-18(19)23/h4-7,13-14,17H,2-3,8-12H2,1H3,(H,25,27). The van der Waals surface area contributed by atoms with E-state index in [9.17, 15) is 4.79 Å². The fraction of sp³-hybridized carbons (Fsp3) is 0.429. The summed E-state index contributed by atoms with van der Waals surface area (Å²) in [5, 5.41) is 3.84. The average molecular weight is 438 g/mol. The molecule has 8 heteroatoms. The molecule has 1 aromatic heterocycles. The lowest BCUT2D eigenvalue weighted by molar-refractivity contribution is -0.116. The van der Waals surface area contributed by atoms with Crippen molar-refractivity contribution in [3.8, 4) is 11.6 Å². The maximum atomic E-state index is 12.1. The van der Waals surface area contributed by atoms with Gasteiger partial charge in [0.05, 0.1) is 23.5 Å². The number of carbonyl (C=O) groups excluding carboxylic acids is 1. The molecular weight excluding hydrogens is 413 g/mol. The van der Waals surface area contributed by atoms with Gasteiger partial charge in [-0.15, -0.1) is 0 Å². The molecule has 0 atom stereocenters. The summed E-state index contributed by atoms with van der Waals surface area (Å²) in [6.45, 7) is 2.45. The van der Waals surface area contributed by atoms with E-state index in [-0.39, 0.29) is 12.0 Å². The Morgan fingerprint density at radius 2 is 2.03 bits per heavy atom. The van der Waals surface area contributed by atoms with E-state index < -0.39 is 0 Å². The van der Waals surface area contributed by atoms with E-state index in [0.717, 1.165) is 25.9 Å². The van der Waals surface area contributed by atoms with Crippen molar-refractivity contribution in [3.05, 3.63) is 46.6 Å². The minimum atomic E-state index is -0.0958. The third-order valence-corrected chi connectivity index (χ3v) is 5.20. The summed E-state index contributed by atoms with van der Waals surface area (Å²) in [6.07, 6.45) is 4.72. The Kier molecular flexibility index (Phi) is 7.98. The molecule has 2 aromatic rings. The zero-order valence-electron chi connectivity index (χ0n) is 16.4. The van der Waals surface area contributed by atoms with Crippen LogP contribution in [0.15, 0.2) is 36.5 Å². The van der Waals surface area contributed by atoms with Crippen molar-refractivity contribution >= 4 is 34.8 Å². The van der Waals surface area contributed by atoms with Gasteiger partial charge in [-0.3, -0.25) is 4.79 Å². The predicted molar refractivity (Wildman–Crippen MR) is 115 cm³/mol. The van der Waals surface area contributed by atoms with Crippen LogP contribution in [0.2, 0.25) is 10.0 Å². The van der Waals surface area contributed by atoms with E-state index in [0.29, 0.717) is 46.8 Å². The first-order valence-electron chi connectivity index (χ1n) is 9.68. The summed E-state index contributed by atoms with van der Waals surface area (Å²) in [6, 6.07) is 8.64. The number of pyridine rings is 1. The van der Waals surface area contributed by atoms with Crippen LogP contribution in [0.4, 0.5) is 5.69 Å². The van der Waals surface area contributed by atoms with Crippen molar-refractivity contribution in [2.24, 2.45) is 0 Å². The van der Waals surface area contributed by atoms with Crippen LogP contribution in [0, 0.1) is 0 Å². The number of rotatable bonds is 8. The van der Waals surface area contributed by atoms with Crippen LogP contribution in [-0.2, 0) is 4.79 Å². The molecule has 29 heavy (non-hydrogen) atoms. The van der Waals surface area contributed by atoms with E-state index >= 15 is 0 Å². The molecule has 0 radical (unpaired) electrons. The van der Waals surface area contributed by atoms with Gasteiger partial charge in [-0.25, -0.2) is 4.98 Å². The second-order valence-corrected chi connectivity index (χ2v) is 7.92. The molecule has 2 heterocycles. The van der Waals surface area contributed by atoms with Crippen LogP contribution in [0.25, 0.3) is 0 Å². The minimum Gasteiger partial charge on any atom is -0.492 e. The molecule has 1 aromatic carbocycles. The van der Waals surface area contributed by atoms with Crippen molar-refractivity contribution in [3.63, 3.8) is 0 Å². The van der Waals surface area contributed by atoms with E-state index in [1.54, 1.807) is 36.5 Å². The molecule has 0 bridgehead atoms. The summed E-state index contributed by atoms with van der Waals surface area (Å²) >= 11 is 11.9. The molecule has 1 N–H and O–H groups in total. The van der Waals surface area contributed by atoms with Crippen LogP contribution in [0.1, 0.15) is 25.7 Å². The number of hydrogen-bond acceptors (Lipinski definition) is 5. The van der Waals surface area contributed by atoms with E-state index in [4.69, 9.17) is 32.7 Å².